The van der Waals surface area contributed by atoms with Crippen LogP contribution in [-0.2, 0) is 0 Å². The number of piperidine rings is 1. The molecule has 0 bridgehead atoms. The van der Waals surface area contributed by atoms with Crippen LogP contribution in [0, 0.1) is 11.8 Å². The van der Waals surface area contributed by atoms with Crippen LogP contribution < -0.4 is 5.32 Å². The zero-order valence-corrected chi connectivity index (χ0v) is 12.2. The van der Waals surface area contributed by atoms with Crippen molar-refractivity contribution >= 4 is 0 Å². The summed E-state index contributed by atoms with van der Waals surface area (Å²) in [4.78, 5) is 2.63. The number of rotatable bonds is 5. The van der Waals surface area contributed by atoms with E-state index in [1.807, 2.05) is 6.92 Å². The molecule has 106 valence electrons. The molecule has 2 N–H and O–H groups in total. The van der Waals surface area contributed by atoms with Crippen molar-refractivity contribution in [3.05, 3.63) is 0 Å². The topological polar surface area (TPSA) is 35.5 Å². The summed E-state index contributed by atoms with van der Waals surface area (Å²) in [7, 11) is 0. The minimum atomic E-state index is -0.170. The quantitative estimate of drug-likeness (QED) is 0.786. The summed E-state index contributed by atoms with van der Waals surface area (Å²) in [5.41, 5.74) is 0. The minimum absolute atomic E-state index is 0.170. The number of hydrogen-bond acceptors (Lipinski definition) is 3. The van der Waals surface area contributed by atoms with Crippen molar-refractivity contribution in [2.75, 3.05) is 19.6 Å². The van der Waals surface area contributed by atoms with E-state index in [4.69, 9.17) is 0 Å². The van der Waals surface area contributed by atoms with Crippen LogP contribution in [0.1, 0.15) is 46.5 Å². The van der Waals surface area contributed by atoms with Gasteiger partial charge in [-0.1, -0.05) is 20.3 Å². The third kappa shape index (κ3) is 3.69. The number of aliphatic hydroxyl groups excluding tert-OH is 1. The van der Waals surface area contributed by atoms with Gasteiger partial charge in [0.2, 0.25) is 0 Å². The Kier molecular flexibility index (Phi) is 5.05. The molecule has 2 aliphatic rings. The maximum Gasteiger partial charge on any atom is 0.0553 e. The Bertz CT molecular complexity index is 251. The van der Waals surface area contributed by atoms with Gasteiger partial charge in [-0.25, -0.2) is 0 Å². The molecular formula is C15H30N2O. The molecule has 0 amide bonds. The molecule has 1 heterocycles. The lowest BCUT2D eigenvalue weighted by molar-refractivity contribution is 0.0103. The van der Waals surface area contributed by atoms with Gasteiger partial charge in [0, 0.05) is 25.2 Å². The molecule has 0 aromatic rings. The molecular weight excluding hydrogens is 224 g/mol. The fourth-order valence-corrected chi connectivity index (χ4v) is 3.12. The summed E-state index contributed by atoms with van der Waals surface area (Å²) < 4.78 is 0. The molecule has 3 nitrogen and oxygen atoms in total. The second-order valence-corrected chi connectivity index (χ2v) is 6.77. The molecule has 3 unspecified atom stereocenters. The molecule has 18 heavy (non-hydrogen) atoms. The van der Waals surface area contributed by atoms with Crippen LogP contribution in [0.5, 0.6) is 0 Å². The molecule has 0 spiro atoms. The second-order valence-electron chi connectivity index (χ2n) is 6.77. The lowest BCUT2D eigenvalue weighted by Gasteiger charge is -2.46. The fraction of sp³-hybridized carbons (Fsp3) is 1.00. The van der Waals surface area contributed by atoms with E-state index >= 15 is 0 Å². The van der Waals surface area contributed by atoms with Crippen molar-refractivity contribution in [1.29, 1.82) is 0 Å². The Labute approximate surface area is 112 Å². The maximum absolute atomic E-state index is 9.91. The van der Waals surface area contributed by atoms with Crippen LogP contribution in [0.2, 0.25) is 0 Å². The summed E-state index contributed by atoms with van der Waals surface area (Å²) in [5, 5.41) is 13.6. The first-order valence-electron chi connectivity index (χ1n) is 7.71. The minimum Gasteiger partial charge on any atom is -0.393 e. The molecule has 0 aromatic heterocycles. The van der Waals surface area contributed by atoms with Crippen molar-refractivity contribution in [1.82, 2.24) is 10.2 Å². The Hall–Kier alpha value is -0.120. The van der Waals surface area contributed by atoms with Crippen LogP contribution in [0.15, 0.2) is 0 Å². The predicted molar refractivity (Wildman–Crippen MR) is 75.6 cm³/mol. The zero-order chi connectivity index (χ0) is 13.1. The van der Waals surface area contributed by atoms with Crippen molar-refractivity contribution < 1.29 is 5.11 Å². The van der Waals surface area contributed by atoms with Crippen molar-refractivity contribution in [3.8, 4) is 0 Å². The van der Waals surface area contributed by atoms with Gasteiger partial charge in [-0.2, -0.15) is 0 Å². The first-order valence-corrected chi connectivity index (χ1v) is 7.71. The highest BCUT2D eigenvalue weighted by atomic mass is 16.3. The van der Waals surface area contributed by atoms with Gasteiger partial charge in [0.1, 0.15) is 0 Å². The zero-order valence-electron chi connectivity index (χ0n) is 12.2. The van der Waals surface area contributed by atoms with Gasteiger partial charge in [0.05, 0.1) is 6.10 Å². The summed E-state index contributed by atoms with van der Waals surface area (Å²) in [5.74, 6) is 1.15. The van der Waals surface area contributed by atoms with Gasteiger partial charge in [-0.05, 0) is 44.6 Å². The third-order valence-electron chi connectivity index (χ3n) is 4.60. The molecule has 0 radical (unpaired) electrons. The number of nitrogens with one attached hydrogen (secondary N) is 1. The van der Waals surface area contributed by atoms with Gasteiger partial charge in [-0.3, -0.25) is 4.90 Å². The standard InChI is InChI=1S/C15H30N2O/c1-11(2)8-16-14-7-13(12(3)18)9-17(10-14)15-5-4-6-15/h11-16,18H,4-10H2,1-3H3. The molecule has 1 saturated heterocycles. The lowest BCUT2D eigenvalue weighted by atomic mass is 9.84. The van der Waals surface area contributed by atoms with Crippen molar-refractivity contribution in [3.63, 3.8) is 0 Å². The summed E-state index contributed by atoms with van der Waals surface area (Å²) in [6, 6.07) is 1.37. The van der Waals surface area contributed by atoms with Crippen LogP contribution in [0.3, 0.4) is 0 Å². The van der Waals surface area contributed by atoms with Gasteiger partial charge in [-0.15, -0.1) is 0 Å². The van der Waals surface area contributed by atoms with Gasteiger partial charge in [0.15, 0.2) is 0 Å². The molecule has 1 saturated carbocycles. The summed E-state index contributed by atoms with van der Waals surface area (Å²) in [6.45, 7) is 9.84. The van der Waals surface area contributed by atoms with E-state index in [-0.39, 0.29) is 6.10 Å². The van der Waals surface area contributed by atoms with E-state index in [1.165, 1.54) is 25.8 Å². The molecule has 2 rings (SSSR count). The molecule has 1 aliphatic heterocycles. The van der Waals surface area contributed by atoms with Gasteiger partial charge in [0.25, 0.3) is 0 Å². The number of hydrogen-bond donors (Lipinski definition) is 2. The SMILES string of the molecule is CC(C)CNC1CC(C(C)O)CN(C2CCC2)C1. The van der Waals surface area contributed by atoms with Gasteiger partial charge >= 0.3 is 0 Å². The largest absolute Gasteiger partial charge is 0.393 e. The smallest absolute Gasteiger partial charge is 0.0553 e. The highest BCUT2D eigenvalue weighted by molar-refractivity contribution is 4.91. The van der Waals surface area contributed by atoms with Crippen LogP contribution in [-0.4, -0.2) is 47.8 Å². The molecule has 2 fully saturated rings. The molecule has 3 atom stereocenters. The Balaban J connectivity index is 1.88. The predicted octanol–water partition coefficient (Wildman–Crippen LogP) is 1.86. The molecule has 0 aromatic carbocycles. The number of nitrogens with zero attached hydrogens (tertiary/aromatic N) is 1. The van der Waals surface area contributed by atoms with Crippen molar-refractivity contribution in [2.24, 2.45) is 11.8 Å². The Morgan fingerprint density at radius 2 is 1.94 bits per heavy atom. The van der Waals surface area contributed by atoms with E-state index in [0.717, 1.165) is 25.6 Å². The van der Waals surface area contributed by atoms with E-state index < -0.39 is 0 Å². The summed E-state index contributed by atoms with van der Waals surface area (Å²) >= 11 is 0. The first kappa shape index (κ1) is 14.3. The first-order chi connectivity index (χ1) is 8.56. The monoisotopic (exact) mass is 254 g/mol. The van der Waals surface area contributed by atoms with Crippen LogP contribution in [0.25, 0.3) is 0 Å². The van der Waals surface area contributed by atoms with Crippen molar-refractivity contribution in [2.45, 2.75) is 64.6 Å². The fourth-order valence-electron chi connectivity index (χ4n) is 3.12. The highest BCUT2D eigenvalue weighted by Crippen LogP contribution is 2.30. The van der Waals surface area contributed by atoms with E-state index in [2.05, 4.69) is 24.1 Å². The Morgan fingerprint density at radius 1 is 1.22 bits per heavy atom. The third-order valence-corrected chi connectivity index (χ3v) is 4.60. The summed E-state index contributed by atoms with van der Waals surface area (Å²) in [6.07, 6.45) is 5.08. The second kappa shape index (κ2) is 6.36. The highest BCUT2D eigenvalue weighted by Gasteiger charge is 2.35. The van der Waals surface area contributed by atoms with Gasteiger partial charge < -0.3 is 10.4 Å². The van der Waals surface area contributed by atoms with E-state index in [9.17, 15) is 5.11 Å². The average molecular weight is 254 g/mol. The Morgan fingerprint density at radius 3 is 2.44 bits per heavy atom. The maximum atomic E-state index is 9.91. The number of likely N-dealkylation sites (tertiary alicyclic amines) is 1. The van der Waals surface area contributed by atoms with E-state index in [0.29, 0.717) is 17.9 Å². The normalized spacial score (nSPS) is 32.5. The molecule has 3 heteroatoms. The average Bonchev–Trinajstić information content (AvgIpc) is 2.23. The lowest BCUT2D eigenvalue weighted by Crippen LogP contribution is -2.56. The van der Waals surface area contributed by atoms with Crippen LogP contribution >= 0.6 is 0 Å². The van der Waals surface area contributed by atoms with Crippen LogP contribution in [0.4, 0.5) is 0 Å². The number of aliphatic hydroxyl groups is 1. The molecule has 1 aliphatic carbocycles. The van der Waals surface area contributed by atoms with E-state index in [1.54, 1.807) is 0 Å².